The van der Waals surface area contributed by atoms with Crippen LogP contribution in [0.1, 0.15) is 77.6 Å². The van der Waals surface area contributed by atoms with Crippen LogP contribution in [0, 0.1) is 36.0 Å². The van der Waals surface area contributed by atoms with E-state index in [-0.39, 0.29) is 35.6 Å². The Kier molecular flexibility index (Phi) is 5.60. The van der Waals surface area contributed by atoms with E-state index in [0.717, 1.165) is 44.4 Å². The quantitative estimate of drug-likeness (QED) is 0.558. The summed E-state index contributed by atoms with van der Waals surface area (Å²) in [6, 6.07) is 0.0751. The molecule has 4 rings (SSSR count). The van der Waals surface area contributed by atoms with Gasteiger partial charge >= 0.3 is 0 Å². The first-order chi connectivity index (χ1) is 13.1. The lowest BCUT2D eigenvalue weighted by Crippen LogP contribution is -2.44. The van der Waals surface area contributed by atoms with Gasteiger partial charge in [0.05, 0.1) is 24.0 Å². The molecule has 0 aromatic carbocycles. The zero-order valence-electron chi connectivity index (χ0n) is 16.6. The summed E-state index contributed by atoms with van der Waals surface area (Å²) in [4.78, 5) is 27.5. The van der Waals surface area contributed by atoms with Gasteiger partial charge in [-0.15, -0.1) is 12.3 Å². The first-order valence-electron chi connectivity index (χ1n) is 11.0. The number of carbonyl (C=O) groups excluding carboxylic acids is 2. The lowest BCUT2D eigenvalue weighted by Gasteiger charge is -2.36. The maximum Gasteiger partial charge on any atom is 0.233 e. The van der Waals surface area contributed by atoms with Crippen LogP contribution in [0.25, 0.3) is 0 Å². The number of rotatable bonds is 3. The summed E-state index contributed by atoms with van der Waals surface area (Å²) in [5, 5.41) is 0. The molecule has 0 aromatic rings. The van der Waals surface area contributed by atoms with Gasteiger partial charge in [0.15, 0.2) is 0 Å². The molecule has 1 aliphatic heterocycles. The fourth-order valence-electron chi connectivity index (χ4n) is 5.79. The summed E-state index contributed by atoms with van der Waals surface area (Å²) in [5.74, 6) is 3.65. The lowest BCUT2D eigenvalue weighted by molar-refractivity contribution is -0.144. The number of amides is 2. The van der Waals surface area contributed by atoms with Crippen molar-refractivity contribution in [3.8, 4) is 12.3 Å². The topological polar surface area (TPSA) is 46.6 Å². The van der Waals surface area contributed by atoms with Crippen molar-refractivity contribution in [2.45, 2.75) is 95.8 Å². The van der Waals surface area contributed by atoms with Crippen molar-refractivity contribution in [2.24, 2.45) is 23.7 Å². The Morgan fingerprint density at radius 1 is 0.852 bits per heavy atom. The van der Waals surface area contributed by atoms with Crippen molar-refractivity contribution in [1.82, 2.24) is 4.90 Å². The van der Waals surface area contributed by atoms with Crippen LogP contribution in [-0.2, 0) is 14.3 Å². The van der Waals surface area contributed by atoms with Gasteiger partial charge in [-0.2, -0.15) is 0 Å². The van der Waals surface area contributed by atoms with Crippen molar-refractivity contribution in [3.63, 3.8) is 0 Å². The van der Waals surface area contributed by atoms with Crippen molar-refractivity contribution < 1.29 is 14.3 Å². The second-order valence-corrected chi connectivity index (χ2v) is 9.38. The van der Waals surface area contributed by atoms with E-state index < -0.39 is 0 Å². The third kappa shape index (κ3) is 3.81. The maximum atomic E-state index is 12.9. The van der Waals surface area contributed by atoms with E-state index in [9.17, 15) is 9.59 Å². The molecule has 4 fully saturated rings. The Labute approximate surface area is 163 Å². The first kappa shape index (κ1) is 19.0. The molecule has 3 aliphatic carbocycles. The normalized spacial score (nSPS) is 42.7. The minimum Gasteiger partial charge on any atom is -0.375 e. The Morgan fingerprint density at radius 2 is 1.44 bits per heavy atom. The SMILES string of the molecule is C#CC1CCC2C(=O)N(C3CCC(OC4CCC(C)CC4)CC3)C(=O)C2C1. The highest BCUT2D eigenvalue weighted by molar-refractivity contribution is 6.05. The fourth-order valence-corrected chi connectivity index (χ4v) is 5.79. The summed E-state index contributed by atoms with van der Waals surface area (Å²) < 4.78 is 6.36. The molecular formula is C23H33NO3. The van der Waals surface area contributed by atoms with Crippen LogP contribution in [0.15, 0.2) is 0 Å². The van der Waals surface area contributed by atoms with E-state index in [4.69, 9.17) is 11.2 Å². The second-order valence-electron chi connectivity index (χ2n) is 9.38. The van der Waals surface area contributed by atoms with E-state index in [1.165, 1.54) is 25.7 Å². The molecule has 0 spiro atoms. The molecule has 27 heavy (non-hydrogen) atoms. The molecule has 4 heteroatoms. The molecule has 0 N–H and O–H groups in total. The summed E-state index contributed by atoms with van der Waals surface area (Å²) >= 11 is 0. The largest absolute Gasteiger partial charge is 0.375 e. The molecule has 1 heterocycles. The number of hydrogen-bond donors (Lipinski definition) is 0. The molecule has 3 atom stereocenters. The van der Waals surface area contributed by atoms with Crippen molar-refractivity contribution in [3.05, 3.63) is 0 Å². The van der Waals surface area contributed by atoms with Gasteiger partial charge in [-0.3, -0.25) is 14.5 Å². The minimum absolute atomic E-state index is 0.0515. The highest BCUT2D eigenvalue weighted by Gasteiger charge is 2.52. The van der Waals surface area contributed by atoms with Gasteiger partial charge in [0.2, 0.25) is 11.8 Å². The van der Waals surface area contributed by atoms with Crippen LogP contribution in [0.3, 0.4) is 0 Å². The number of imide groups is 1. The van der Waals surface area contributed by atoms with Gasteiger partial charge in [0.1, 0.15) is 0 Å². The Morgan fingerprint density at radius 3 is 2.07 bits per heavy atom. The Balaban J connectivity index is 1.31. The lowest BCUT2D eigenvalue weighted by atomic mass is 9.76. The second kappa shape index (κ2) is 7.95. The van der Waals surface area contributed by atoms with E-state index >= 15 is 0 Å². The third-order valence-electron chi connectivity index (χ3n) is 7.55. The number of likely N-dealkylation sites (tertiary alicyclic amines) is 1. The number of carbonyl (C=O) groups is 2. The molecule has 0 aromatic heterocycles. The van der Waals surface area contributed by atoms with E-state index in [1.807, 2.05) is 0 Å². The molecule has 0 radical (unpaired) electrons. The van der Waals surface area contributed by atoms with E-state index in [1.54, 1.807) is 4.90 Å². The van der Waals surface area contributed by atoms with E-state index in [2.05, 4.69) is 12.8 Å². The number of nitrogens with zero attached hydrogens (tertiary/aromatic N) is 1. The zero-order valence-corrected chi connectivity index (χ0v) is 16.6. The molecule has 0 bridgehead atoms. The standard InChI is InChI=1S/C23H33NO3/c1-3-16-6-13-20-21(14-16)23(26)24(22(20)25)17-7-11-19(12-8-17)27-18-9-4-15(2)5-10-18/h1,15-21H,4-14H2,2H3. The van der Waals surface area contributed by atoms with Crippen molar-refractivity contribution in [2.75, 3.05) is 0 Å². The van der Waals surface area contributed by atoms with Gasteiger partial charge in [-0.25, -0.2) is 0 Å². The molecular weight excluding hydrogens is 338 g/mol. The average molecular weight is 372 g/mol. The average Bonchev–Trinajstić information content (AvgIpc) is 2.94. The van der Waals surface area contributed by atoms with Crippen LogP contribution in [0.5, 0.6) is 0 Å². The Hall–Kier alpha value is -1.34. The van der Waals surface area contributed by atoms with Gasteiger partial charge < -0.3 is 4.74 Å². The molecule has 1 saturated heterocycles. The smallest absolute Gasteiger partial charge is 0.233 e. The number of terminal acetylenes is 1. The fraction of sp³-hybridized carbons (Fsp3) is 0.826. The number of hydrogen-bond acceptors (Lipinski definition) is 3. The third-order valence-corrected chi connectivity index (χ3v) is 7.55. The van der Waals surface area contributed by atoms with Crippen LogP contribution in [0.2, 0.25) is 0 Å². The minimum atomic E-state index is -0.162. The van der Waals surface area contributed by atoms with Gasteiger partial charge in [0.25, 0.3) is 0 Å². The van der Waals surface area contributed by atoms with Gasteiger partial charge in [-0.05, 0) is 76.5 Å². The van der Waals surface area contributed by atoms with Crippen LogP contribution in [0.4, 0.5) is 0 Å². The van der Waals surface area contributed by atoms with Crippen LogP contribution >= 0.6 is 0 Å². The molecule has 2 amide bonds. The zero-order chi connectivity index (χ0) is 19.0. The molecule has 4 aliphatic rings. The van der Waals surface area contributed by atoms with Crippen LogP contribution < -0.4 is 0 Å². The predicted molar refractivity (Wildman–Crippen MR) is 104 cm³/mol. The highest BCUT2D eigenvalue weighted by atomic mass is 16.5. The maximum absolute atomic E-state index is 12.9. The predicted octanol–water partition coefficient (Wildman–Crippen LogP) is 3.93. The van der Waals surface area contributed by atoms with Crippen LogP contribution in [-0.4, -0.2) is 35.0 Å². The monoisotopic (exact) mass is 371 g/mol. The van der Waals surface area contributed by atoms with Crippen molar-refractivity contribution >= 4 is 11.8 Å². The Bertz CT molecular complexity index is 608. The molecule has 3 unspecified atom stereocenters. The summed E-state index contributed by atoms with van der Waals surface area (Å²) in [7, 11) is 0. The number of ether oxygens (including phenoxy) is 1. The molecule has 148 valence electrons. The first-order valence-corrected chi connectivity index (χ1v) is 11.0. The van der Waals surface area contributed by atoms with E-state index in [0.29, 0.717) is 18.6 Å². The molecule has 3 saturated carbocycles. The highest BCUT2D eigenvalue weighted by Crippen LogP contribution is 2.43. The van der Waals surface area contributed by atoms with Gasteiger partial charge in [-0.1, -0.05) is 6.92 Å². The summed E-state index contributed by atoms with van der Waals surface area (Å²) in [6.07, 6.45) is 17.3. The summed E-state index contributed by atoms with van der Waals surface area (Å²) in [6.45, 7) is 2.33. The van der Waals surface area contributed by atoms with Gasteiger partial charge in [0, 0.05) is 12.0 Å². The number of fused-ring (bicyclic) bond motifs is 1. The molecule has 4 nitrogen and oxygen atoms in total. The summed E-state index contributed by atoms with van der Waals surface area (Å²) in [5.41, 5.74) is 0. The van der Waals surface area contributed by atoms with Crippen molar-refractivity contribution in [1.29, 1.82) is 0 Å².